The van der Waals surface area contributed by atoms with Crippen LogP contribution in [0.25, 0.3) is 0 Å². The summed E-state index contributed by atoms with van der Waals surface area (Å²) >= 11 is 0. The summed E-state index contributed by atoms with van der Waals surface area (Å²) < 4.78 is 34.9. The molecule has 8 nitrogen and oxygen atoms in total. The Balaban J connectivity index is 1.75. The van der Waals surface area contributed by atoms with Crippen molar-refractivity contribution in [2.45, 2.75) is 83.3 Å². The second kappa shape index (κ2) is 14.1. The molecule has 1 aliphatic rings. The highest BCUT2D eigenvalue weighted by Gasteiger charge is 2.35. The molecule has 1 N–H and O–H groups in total. The van der Waals surface area contributed by atoms with E-state index in [1.54, 1.807) is 37.4 Å². The van der Waals surface area contributed by atoms with Crippen LogP contribution >= 0.6 is 0 Å². The lowest BCUT2D eigenvalue weighted by Crippen LogP contribution is -2.53. The average molecular weight is 606 g/mol. The number of benzene rings is 3. The third-order valence-corrected chi connectivity index (χ3v) is 9.87. The highest BCUT2D eigenvalue weighted by molar-refractivity contribution is 7.92. The van der Waals surface area contributed by atoms with E-state index in [9.17, 15) is 18.0 Å². The lowest BCUT2D eigenvalue weighted by Gasteiger charge is -2.34. The molecule has 0 unspecified atom stereocenters. The van der Waals surface area contributed by atoms with Crippen molar-refractivity contribution in [1.29, 1.82) is 0 Å². The van der Waals surface area contributed by atoms with Crippen molar-refractivity contribution in [3.8, 4) is 5.75 Å². The van der Waals surface area contributed by atoms with E-state index in [0.717, 1.165) is 47.9 Å². The van der Waals surface area contributed by atoms with Crippen LogP contribution in [0, 0.1) is 20.8 Å². The Kier molecular flexibility index (Phi) is 10.5. The van der Waals surface area contributed by atoms with Gasteiger partial charge >= 0.3 is 0 Å². The fraction of sp³-hybridized carbons (Fsp3) is 0.412. The van der Waals surface area contributed by atoms with Gasteiger partial charge in [-0.3, -0.25) is 13.9 Å². The average Bonchev–Trinajstić information content (AvgIpc) is 3.50. The van der Waals surface area contributed by atoms with Crippen LogP contribution in [0.3, 0.4) is 0 Å². The summed E-state index contributed by atoms with van der Waals surface area (Å²) in [4.78, 5) is 29.6. The first-order valence-electron chi connectivity index (χ1n) is 14.9. The minimum absolute atomic E-state index is 0.0867. The van der Waals surface area contributed by atoms with Crippen molar-refractivity contribution in [3.05, 3.63) is 89.0 Å². The summed E-state index contributed by atoms with van der Waals surface area (Å²) in [6.45, 7) is 7.14. The first-order valence-corrected chi connectivity index (χ1v) is 16.4. The zero-order valence-corrected chi connectivity index (χ0v) is 26.6. The third-order valence-electron chi connectivity index (χ3n) is 8.10. The number of nitrogens with one attached hydrogen (secondary N) is 1. The molecule has 0 heterocycles. The summed E-state index contributed by atoms with van der Waals surface area (Å²) in [5.41, 5.74) is 3.72. The molecular formula is C34H43N3O5S. The summed E-state index contributed by atoms with van der Waals surface area (Å²) in [6.07, 6.45) is 4.34. The smallest absolute Gasteiger partial charge is 0.264 e. The SMILES string of the molecule is CC[C@H](C(=O)NC1CCCC1)N(Cc1cccc(OC)c1)C(=O)CN(c1cc(C)ccc1C)S(=O)(=O)c1ccc(C)cc1. The number of hydrogen-bond acceptors (Lipinski definition) is 5. The lowest BCUT2D eigenvalue weighted by molar-refractivity contribution is -0.140. The van der Waals surface area contributed by atoms with Crippen LogP contribution in [0.5, 0.6) is 5.75 Å². The van der Waals surface area contributed by atoms with Gasteiger partial charge in [-0.15, -0.1) is 0 Å². The number of nitrogens with zero attached hydrogens (tertiary/aromatic N) is 2. The van der Waals surface area contributed by atoms with Gasteiger partial charge in [0.25, 0.3) is 10.0 Å². The number of carbonyl (C=O) groups excluding carboxylic acids is 2. The molecule has 1 atom stereocenters. The van der Waals surface area contributed by atoms with Crippen molar-refractivity contribution in [1.82, 2.24) is 10.2 Å². The molecule has 0 bridgehead atoms. The van der Waals surface area contributed by atoms with E-state index in [4.69, 9.17) is 4.74 Å². The first-order chi connectivity index (χ1) is 20.5. The standard InChI is InChI=1S/C34H43N3O5S/c1-6-31(34(39)35-28-11-7-8-12-28)36(22-27-10-9-13-29(21-27)42-5)33(38)23-37(32-20-25(3)14-17-26(32)4)43(40,41)30-18-15-24(2)16-19-30/h9-10,13-21,28,31H,6-8,11-12,22-23H2,1-5H3,(H,35,39)/t31-/m1/s1. The number of methoxy groups -OCH3 is 1. The van der Waals surface area contributed by atoms with E-state index in [0.29, 0.717) is 17.9 Å². The molecule has 4 rings (SSSR count). The Morgan fingerprint density at radius 3 is 2.28 bits per heavy atom. The predicted octanol–water partition coefficient (Wildman–Crippen LogP) is 5.68. The number of carbonyl (C=O) groups is 2. The number of anilines is 1. The molecule has 2 amide bonds. The monoisotopic (exact) mass is 605 g/mol. The van der Waals surface area contributed by atoms with Gasteiger partial charge in [-0.1, -0.05) is 61.7 Å². The van der Waals surface area contributed by atoms with Gasteiger partial charge in [-0.05, 0) is 87.1 Å². The fourth-order valence-electron chi connectivity index (χ4n) is 5.59. The molecule has 1 saturated carbocycles. The first kappa shape index (κ1) is 32.1. The fourth-order valence-corrected chi connectivity index (χ4v) is 7.06. The summed E-state index contributed by atoms with van der Waals surface area (Å²) in [5, 5.41) is 3.15. The van der Waals surface area contributed by atoms with Gasteiger partial charge < -0.3 is 15.0 Å². The zero-order valence-electron chi connectivity index (χ0n) is 25.8. The van der Waals surface area contributed by atoms with Crippen LogP contribution in [0.2, 0.25) is 0 Å². The number of sulfonamides is 1. The molecule has 230 valence electrons. The number of aryl methyl sites for hydroxylation is 3. The van der Waals surface area contributed by atoms with E-state index in [1.165, 1.54) is 9.21 Å². The van der Waals surface area contributed by atoms with E-state index in [-0.39, 0.29) is 23.4 Å². The van der Waals surface area contributed by atoms with E-state index >= 15 is 0 Å². The van der Waals surface area contributed by atoms with Crippen molar-refractivity contribution < 1.29 is 22.7 Å². The molecule has 0 aliphatic heterocycles. The van der Waals surface area contributed by atoms with Crippen LogP contribution < -0.4 is 14.4 Å². The summed E-state index contributed by atoms with van der Waals surface area (Å²) in [6, 6.07) is 18.8. The van der Waals surface area contributed by atoms with Gasteiger partial charge in [-0.25, -0.2) is 8.42 Å². The highest BCUT2D eigenvalue weighted by atomic mass is 32.2. The van der Waals surface area contributed by atoms with Gasteiger partial charge in [-0.2, -0.15) is 0 Å². The van der Waals surface area contributed by atoms with E-state index in [2.05, 4.69) is 5.32 Å². The molecule has 0 radical (unpaired) electrons. The second-order valence-corrected chi connectivity index (χ2v) is 13.3. The van der Waals surface area contributed by atoms with Crippen LogP contribution in [0.4, 0.5) is 5.69 Å². The Labute approximate surface area is 256 Å². The molecule has 1 fully saturated rings. The van der Waals surface area contributed by atoms with Gasteiger partial charge in [0.15, 0.2) is 0 Å². The Morgan fingerprint density at radius 2 is 1.63 bits per heavy atom. The van der Waals surface area contributed by atoms with Gasteiger partial charge in [0.05, 0.1) is 17.7 Å². The normalized spacial score (nSPS) is 14.3. The van der Waals surface area contributed by atoms with Crippen molar-refractivity contribution in [2.24, 2.45) is 0 Å². The quantitative estimate of drug-likeness (QED) is 0.287. The lowest BCUT2D eigenvalue weighted by atomic mass is 10.1. The minimum Gasteiger partial charge on any atom is -0.497 e. The molecule has 3 aromatic rings. The minimum atomic E-state index is -4.13. The van der Waals surface area contributed by atoms with Gasteiger partial charge in [0.1, 0.15) is 18.3 Å². The molecule has 9 heteroatoms. The number of hydrogen-bond donors (Lipinski definition) is 1. The maximum atomic E-state index is 14.4. The number of rotatable bonds is 12. The Hall–Kier alpha value is -3.85. The van der Waals surface area contributed by atoms with Crippen LogP contribution in [0.1, 0.15) is 61.3 Å². The number of amides is 2. The summed E-state index contributed by atoms with van der Waals surface area (Å²) in [7, 11) is -2.55. The van der Waals surface area contributed by atoms with Gasteiger partial charge in [0.2, 0.25) is 11.8 Å². The molecule has 0 spiro atoms. The van der Waals surface area contributed by atoms with E-state index < -0.39 is 28.5 Å². The largest absolute Gasteiger partial charge is 0.497 e. The van der Waals surface area contributed by atoms with Crippen molar-refractivity contribution >= 4 is 27.5 Å². The molecule has 1 aliphatic carbocycles. The van der Waals surface area contributed by atoms with Crippen molar-refractivity contribution in [3.63, 3.8) is 0 Å². The third kappa shape index (κ3) is 7.76. The van der Waals surface area contributed by atoms with Crippen LogP contribution in [-0.4, -0.2) is 50.9 Å². The van der Waals surface area contributed by atoms with Gasteiger partial charge in [0, 0.05) is 12.6 Å². The maximum absolute atomic E-state index is 14.4. The Morgan fingerprint density at radius 1 is 0.953 bits per heavy atom. The molecular weight excluding hydrogens is 562 g/mol. The van der Waals surface area contributed by atoms with Crippen molar-refractivity contribution in [2.75, 3.05) is 18.0 Å². The maximum Gasteiger partial charge on any atom is 0.264 e. The van der Waals surface area contributed by atoms with Crippen LogP contribution in [-0.2, 0) is 26.2 Å². The van der Waals surface area contributed by atoms with E-state index in [1.807, 2.05) is 64.1 Å². The predicted molar refractivity (Wildman–Crippen MR) is 170 cm³/mol. The number of ether oxygens (including phenoxy) is 1. The Bertz CT molecular complexity index is 1530. The van der Waals surface area contributed by atoms with Crippen LogP contribution in [0.15, 0.2) is 71.6 Å². The topological polar surface area (TPSA) is 96.0 Å². The second-order valence-electron chi connectivity index (χ2n) is 11.4. The zero-order chi connectivity index (χ0) is 31.1. The molecule has 3 aromatic carbocycles. The molecule has 0 aromatic heterocycles. The summed E-state index contributed by atoms with van der Waals surface area (Å²) in [5.74, 6) is -0.0505. The molecule has 43 heavy (non-hydrogen) atoms. The molecule has 0 saturated heterocycles. The highest BCUT2D eigenvalue weighted by Crippen LogP contribution is 2.29.